The molecule has 1 amide bonds. The third-order valence-corrected chi connectivity index (χ3v) is 5.93. The summed E-state index contributed by atoms with van der Waals surface area (Å²) in [5.74, 6) is -0.586. The normalized spacial score (nSPS) is 23.2. The van der Waals surface area contributed by atoms with Gasteiger partial charge in [0.2, 0.25) is 0 Å². The van der Waals surface area contributed by atoms with Crippen LogP contribution in [0.3, 0.4) is 0 Å². The molecule has 0 aromatic carbocycles. The summed E-state index contributed by atoms with van der Waals surface area (Å²) in [4.78, 5) is 42.8. The van der Waals surface area contributed by atoms with Crippen molar-refractivity contribution in [1.82, 2.24) is 24.0 Å². The maximum absolute atomic E-state index is 13.3. The number of aliphatic hydroxyl groups excluding tert-OH is 2. The van der Waals surface area contributed by atoms with Crippen molar-refractivity contribution in [3.63, 3.8) is 0 Å². The highest BCUT2D eigenvalue weighted by Crippen LogP contribution is 2.31. The molecular weight excluding hydrogens is 418 g/mol. The van der Waals surface area contributed by atoms with Crippen molar-refractivity contribution in [2.75, 3.05) is 7.05 Å². The van der Waals surface area contributed by atoms with Crippen LogP contribution in [0.4, 0.5) is 0 Å². The topological polar surface area (TPSA) is 141 Å². The lowest BCUT2D eigenvalue weighted by atomic mass is 10.1. The lowest BCUT2D eigenvalue weighted by molar-refractivity contribution is -0.137. The van der Waals surface area contributed by atoms with Crippen molar-refractivity contribution in [2.24, 2.45) is 0 Å². The van der Waals surface area contributed by atoms with Crippen molar-refractivity contribution in [1.29, 1.82) is 0 Å². The Morgan fingerprint density at radius 2 is 1.69 bits per heavy atom. The summed E-state index contributed by atoms with van der Waals surface area (Å²) in [7, 11) is 1.40. The molecule has 0 aliphatic carbocycles. The van der Waals surface area contributed by atoms with Crippen molar-refractivity contribution < 1.29 is 19.7 Å². The van der Waals surface area contributed by atoms with Gasteiger partial charge in [0.1, 0.15) is 12.2 Å². The van der Waals surface area contributed by atoms with Gasteiger partial charge in [-0.15, -0.1) is 0 Å². The molecule has 2 aromatic rings. The highest BCUT2D eigenvalue weighted by Gasteiger charge is 2.47. The molecule has 1 aliphatic rings. The molecule has 3 rings (SSSR count). The van der Waals surface area contributed by atoms with Gasteiger partial charge in [0, 0.05) is 20.1 Å². The lowest BCUT2D eigenvalue weighted by Gasteiger charge is -2.18. The fourth-order valence-electron chi connectivity index (χ4n) is 4.09. The lowest BCUT2D eigenvalue weighted by Crippen LogP contribution is -2.41. The number of likely N-dealkylation sites (N-methyl/N-ethyl adjacent to an activating group) is 1. The largest absolute Gasteiger partial charge is 0.387 e. The number of amides is 1. The molecule has 178 valence electrons. The molecule has 1 saturated heterocycles. The number of aryl methyl sites for hydroxylation is 1. The molecule has 32 heavy (non-hydrogen) atoms. The van der Waals surface area contributed by atoms with Gasteiger partial charge in [-0.05, 0) is 12.8 Å². The molecule has 1 unspecified atom stereocenters. The molecule has 3 N–H and O–H groups in total. The monoisotopic (exact) mass is 451 g/mol. The third-order valence-electron chi connectivity index (χ3n) is 5.93. The Morgan fingerprint density at radius 3 is 2.28 bits per heavy atom. The van der Waals surface area contributed by atoms with E-state index in [0.717, 1.165) is 32.1 Å². The number of hydrogen-bond donors (Lipinski definition) is 3. The summed E-state index contributed by atoms with van der Waals surface area (Å²) in [6.07, 6.45) is 1.05. The first-order valence-corrected chi connectivity index (χ1v) is 11.3. The fraction of sp³-hybridized carbons (Fsp3) is 0.714. The Labute approximate surface area is 185 Å². The molecule has 11 heteroatoms. The van der Waals surface area contributed by atoms with Crippen LogP contribution in [0.5, 0.6) is 0 Å². The van der Waals surface area contributed by atoms with Crippen LogP contribution in [-0.4, -0.2) is 60.2 Å². The van der Waals surface area contributed by atoms with Crippen molar-refractivity contribution >= 4 is 17.1 Å². The van der Waals surface area contributed by atoms with E-state index in [2.05, 4.69) is 17.2 Å². The molecule has 11 nitrogen and oxygen atoms in total. The SMILES string of the molecule is CCCCCn1c(=O)c2c(ncn2C2O[C@H](C(=O)NC)[C@@H](O)[C@H]2O)n(CCCCC)c1=O. The molecule has 1 fully saturated rings. The van der Waals surface area contributed by atoms with Crippen LogP contribution in [0.2, 0.25) is 0 Å². The Morgan fingerprint density at radius 1 is 1.06 bits per heavy atom. The van der Waals surface area contributed by atoms with Crippen LogP contribution in [-0.2, 0) is 22.6 Å². The van der Waals surface area contributed by atoms with Crippen LogP contribution in [0, 0.1) is 0 Å². The van der Waals surface area contributed by atoms with E-state index in [9.17, 15) is 24.6 Å². The number of rotatable bonds is 10. The summed E-state index contributed by atoms with van der Waals surface area (Å²) >= 11 is 0. The minimum atomic E-state index is -1.47. The zero-order chi connectivity index (χ0) is 23.4. The zero-order valence-electron chi connectivity index (χ0n) is 18.9. The molecule has 0 saturated carbocycles. The number of fused-ring (bicyclic) bond motifs is 1. The van der Waals surface area contributed by atoms with E-state index in [1.165, 1.54) is 27.1 Å². The first-order valence-electron chi connectivity index (χ1n) is 11.3. The van der Waals surface area contributed by atoms with Crippen LogP contribution >= 0.6 is 0 Å². The van der Waals surface area contributed by atoms with Gasteiger partial charge >= 0.3 is 5.69 Å². The number of carbonyl (C=O) groups excluding carboxylic acids is 1. The van der Waals surface area contributed by atoms with E-state index >= 15 is 0 Å². The zero-order valence-corrected chi connectivity index (χ0v) is 18.9. The van der Waals surface area contributed by atoms with Gasteiger partial charge in [0.05, 0.1) is 6.33 Å². The van der Waals surface area contributed by atoms with Crippen LogP contribution in [0.15, 0.2) is 15.9 Å². The van der Waals surface area contributed by atoms with Gasteiger partial charge in [-0.25, -0.2) is 9.78 Å². The van der Waals surface area contributed by atoms with E-state index in [0.29, 0.717) is 13.0 Å². The molecule has 0 bridgehead atoms. The number of aliphatic hydroxyl groups is 2. The van der Waals surface area contributed by atoms with Gasteiger partial charge in [0.25, 0.3) is 11.5 Å². The number of aromatic nitrogens is 4. The first kappa shape index (κ1) is 24.1. The van der Waals surface area contributed by atoms with E-state index in [-0.39, 0.29) is 17.7 Å². The Balaban J connectivity index is 2.12. The van der Waals surface area contributed by atoms with E-state index < -0.39 is 41.7 Å². The predicted molar refractivity (Wildman–Crippen MR) is 117 cm³/mol. The predicted octanol–water partition coefficient (Wildman–Crippen LogP) is 0.105. The Hall–Kier alpha value is -2.50. The minimum Gasteiger partial charge on any atom is -0.387 e. The van der Waals surface area contributed by atoms with Crippen molar-refractivity contribution in [2.45, 2.75) is 90.0 Å². The maximum atomic E-state index is 13.3. The third kappa shape index (κ3) is 4.37. The minimum absolute atomic E-state index is 0.103. The van der Waals surface area contributed by atoms with Gasteiger partial charge in [-0.3, -0.25) is 23.3 Å². The van der Waals surface area contributed by atoms with Crippen LogP contribution in [0.1, 0.15) is 58.6 Å². The fourth-order valence-corrected chi connectivity index (χ4v) is 4.09. The van der Waals surface area contributed by atoms with Crippen molar-refractivity contribution in [3.8, 4) is 0 Å². The molecular formula is C21H33N5O6. The number of imidazole rings is 1. The van der Waals surface area contributed by atoms with Gasteiger partial charge in [-0.2, -0.15) is 0 Å². The van der Waals surface area contributed by atoms with Gasteiger partial charge in [0.15, 0.2) is 23.5 Å². The molecule has 0 radical (unpaired) electrons. The number of carbonyl (C=O) groups is 1. The summed E-state index contributed by atoms with van der Waals surface area (Å²) < 4.78 is 9.64. The highest BCUT2D eigenvalue weighted by molar-refractivity contribution is 5.81. The molecule has 0 spiro atoms. The summed E-state index contributed by atoms with van der Waals surface area (Å²) in [5.41, 5.74) is -0.627. The van der Waals surface area contributed by atoms with Crippen LogP contribution < -0.4 is 16.6 Å². The highest BCUT2D eigenvalue weighted by atomic mass is 16.6. The molecule has 3 heterocycles. The van der Waals surface area contributed by atoms with Gasteiger partial charge < -0.3 is 20.3 Å². The Kier molecular flexibility index (Phi) is 7.86. The second kappa shape index (κ2) is 10.4. The number of hydrogen-bond acceptors (Lipinski definition) is 7. The summed E-state index contributed by atoms with van der Waals surface area (Å²) in [5, 5.41) is 23.2. The first-order chi connectivity index (χ1) is 15.4. The van der Waals surface area contributed by atoms with Gasteiger partial charge in [-0.1, -0.05) is 39.5 Å². The van der Waals surface area contributed by atoms with E-state index in [1.54, 1.807) is 0 Å². The smallest absolute Gasteiger partial charge is 0.332 e. The summed E-state index contributed by atoms with van der Waals surface area (Å²) in [6.45, 7) is 4.78. The average Bonchev–Trinajstić information content (AvgIpc) is 3.34. The average molecular weight is 452 g/mol. The van der Waals surface area contributed by atoms with E-state index in [1.807, 2.05) is 6.92 Å². The second-order valence-electron chi connectivity index (χ2n) is 8.17. The number of nitrogens with one attached hydrogen (secondary N) is 1. The quantitative estimate of drug-likeness (QED) is 0.435. The molecule has 4 atom stereocenters. The van der Waals surface area contributed by atoms with Crippen molar-refractivity contribution in [3.05, 3.63) is 27.2 Å². The number of nitrogens with zero attached hydrogens (tertiary/aromatic N) is 4. The maximum Gasteiger partial charge on any atom is 0.332 e. The van der Waals surface area contributed by atoms with E-state index in [4.69, 9.17) is 4.74 Å². The molecule has 1 aliphatic heterocycles. The number of unbranched alkanes of at least 4 members (excludes halogenated alkanes) is 4. The van der Waals surface area contributed by atoms with Crippen LogP contribution in [0.25, 0.3) is 11.2 Å². The summed E-state index contributed by atoms with van der Waals surface area (Å²) in [6, 6.07) is 0. The molecule has 2 aromatic heterocycles. The Bertz CT molecular complexity index is 1060. The standard InChI is InChI=1S/C21H33N5O6/c1-4-6-8-10-24-17-13(19(30)25(21(24)31)11-9-7-5-2)26(12-23-17)20-15(28)14(27)16(32-20)18(29)22-3/h12,14-16,20,27-28H,4-11H2,1-3H3,(H,22,29)/t14-,15+,16-,20?/m0/s1. The number of ether oxygens (including phenoxy) is 1. The second-order valence-corrected chi connectivity index (χ2v) is 8.17.